The lowest BCUT2D eigenvalue weighted by molar-refractivity contribution is -0.0627. The van der Waals surface area contributed by atoms with Crippen molar-refractivity contribution in [1.29, 1.82) is 0 Å². The molecule has 1 saturated heterocycles. The minimum Gasteiger partial charge on any atom is -0.396 e. The third-order valence-corrected chi connectivity index (χ3v) is 3.99. The minimum atomic E-state index is -0.253. The van der Waals surface area contributed by atoms with Crippen LogP contribution in [0.3, 0.4) is 0 Å². The molecule has 2 aliphatic rings. The molecule has 1 saturated carbocycles. The van der Waals surface area contributed by atoms with Gasteiger partial charge in [0.1, 0.15) is 0 Å². The molecule has 1 aromatic carbocycles. The molecule has 1 aliphatic heterocycles. The molecule has 98 valence electrons. The summed E-state index contributed by atoms with van der Waals surface area (Å²) in [6.07, 6.45) is 4.45. The van der Waals surface area contributed by atoms with E-state index >= 15 is 0 Å². The van der Waals surface area contributed by atoms with Crippen LogP contribution in [0, 0.1) is 0 Å². The van der Waals surface area contributed by atoms with Crippen molar-refractivity contribution in [1.82, 2.24) is 0 Å². The predicted octanol–water partition coefficient (Wildman–Crippen LogP) is 2.75. The molecule has 1 aliphatic carbocycles. The van der Waals surface area contributed by atoms with Crippen LogP contribution < -0.4 is 0 Å². The van der Waals surface area contributed by atoms with Crippen LogP contribution in [0.4, 0.5) is 0 Å². The molecular formula is C15H20O3. The second kappa shape index (κ2) is 5.39. The van der Waals surface area contributed by atoms with E-state index in [2.05, 4.69) is 24.3 Å². The van der Waals surface area contributed by atoms with Crippen LogP contribution in [-0.2, 0) is 9.47 Å². The first-order chi connectivity index (χ1) is 8.86. The molecule has 2 unspecified atom stereocenters. The van der Waals surface area contributed by atoms with Gasteiger partial charge in [-0.2, -0.15) is 0 Å². The van der Waals surface area contributed by atoms with E-state index < -0.39 is 0 Å². The largest absolute Gasteiger partial charge is 0.396 e. The average molecular weight is 248 g/mol. The van der Waals surface area contributed by atoms with Crippen LogP contribution in [0.2, 0.25) is 0 Å². The lowest BCUT2D eigenvalue weighted by Gasteiger charge is -2.26. The number of rotatable bonds is 4. The zero-order valence-electron chi connectivity index (χ0n) is 10.5. The summed E-state index contributed by atoms with van der Waals surface area (Å²) in [4.78, 5) is 0. The molecule has 3 heteroatoms. The van der Waals surface area contributed by atoms with Crippen LogP contribution in [0.5, 0.6) is 0 Å². The van der Waals surface area contributed by atoms with Gasteiger partial charge >= 0.3 is 0 Å². The van der Waals surface area contributed by atoms with Crippen molar-refractivity contribution in [2.75, 3.05) is 13.2 Å². The van der Waals surface area contributed by atoms with Crippen molar-refractivity contribution < 1.29 is 14.6 Å². The molecule has 1 aromatic rings. The Bertz CT molecular complexity index is 383. The Kier molecular flexibility index (Phi) is 3.64. The van der Waals surface area contributed by atoms with E-state index in [1.54, 1.807) is 0 Å². The first-order valence-electron chi connectivity index (χ1n) is 6.84. The monoisotopic (exact) mass is 248 g/mol. The Morgan fingerprint density at radius 3 is 2.44 bits per heavy atom. The zero-order chi connectivity index (χ0) is 12.4. The van der Waals surface area contributed by atoms with Crippen LogP contribution in [0.15, 0.2) is 24.3 Å². The smallest absolute Gasteiger partial charge is 0.184 e. The van der Waals surface area contributed by atoms with E-state index in [0.717, 1.165) is 11.5 Å². The highest BCUT2D eigenvalue weighted by molar-refractivity contribution is 5.27. The van der Waals surface area contributed by atoms with Crippen LogP contribution in [-0.4, -0.2) is 24.4 Å². The lowest BCUT2D eigenvalue weighted by atomic mass is 9.80. The molecule has 18 heavy (non-hydrogen) atoms. The Morgan fingerprint density at radius 2 is 1.83 bits per heavy atom. The molecule has 0 bridgehead atoms. The summed E-state index contributed by atoms with van der Waals surface area (Å²) in [7, 11) is 0. The van der Waals surface area contributed by atoms with E-state index in [4.69, 9.17) is 14.6 Å². The van der Waals surface area contributed by atoms with Gasteiger partial charge in [0.05, 0.1) is 12.7 Å². The average Bonchev–Trinajstić information content (AvgIpc) is 2.77. The first kappa shape index (κ1) is 12.2. The molecule has 2 fully saturated rings. The lowest BCUT2D eigenvalue weighted by Crippen LogP contribution is -2.11. The number of aliphatic hydroxyl groups is 1. The Hall–Kier alpha value is -0.900. The SMILES string of the molecule is OCCC1COC(c2ccc(C3CCC3)cc2)O1. The molecule has 0 aromatic heterocycles. The summed E-state index contributed by atoms with van der Waals surface area (Å²) in [6, 6.07) is 8.62. The second-order valence-electron chi connectivity index (χ2n) is 5.23. The van der Waals surface area contributed by atoms with Gasteiger partial charge in [0.2, 0.25) is 0 Å². The number of aliphatic hydroxyl groups excluding tert-OH is 1. The van der Waals surface area contributed by atoms with Crippen molar-refractivity contribution in [2.45, 2.75) is 44.0 Å². The van der Waals surface area contributed by atoms with Gasteiger partial charge in [0.15, 0.2) is 6.29 Å². The standard InChI is InChI=1S/C15H20O3/c16-9-8-14-10-17-15(18-14)13-6-4-12(5-7-13)11-2-1-3-11/h4-7,11,14-16H,1-3,8-10H2. The summed E-state index contributed by atoms with van der Waals surface area (Å²) in [5, 5.41) is 8.88. The summed E-state index contributed by atoms with van der Waals surface area (Å²) in [5.41, 5.74) is 2.52. The van der Waals surface area contributed by atoms with Gasteiger partial charge in [-0.25, -0.2) is 0 Å². The molecule has 3 rings (SSSR count). The number of benzene rings is 1. The number of ether oxygens (including phenoxy) is 2. The fourth-order valence-electron chi connectivity index (χ4n) is 2.59. The van der Waals surface area contributed by atoms with Gasteiger partial charge in [-0.1, -0.05) is 30.7 Å². The maximum atomic E-state index is 8.88. The third kappa shape index (κ3) is 2.44. The van der Waals surface area contributed by atoms with Crippen LogP contribution in [0.25, 0.3) is 0 Å². The highest BCUT2D eigenvalue weighted by Crippen LogP contribution is 2.37. The Morgan fingerprint density at radius 1 is 1.11 bits per heavy atom. The highest BCUT2D eigenvalue weighted by atomic mass is 16.7. The van der Waals surface area contributed by atoms with Gasteiger partial charge in [0, 0.05) is 12.2 Å². The van der Waals surface area contributed by atoms with E-state index in [1.807, 2.05) is 0 Å². The van der Waals surface area contributed by atoms with Crippen molar-refractivity contribution in [3.8, 4) is 0 Å². The molecular weight excluding hydrogens is 228 g/mol. The number of hydrogen-bond acceptors (Lipinski definition) is 3. The van der Waals surface area contributed by atoms with Gasteiger partial charge in [-0.15, -0.1) is 0 Å². The van der Waals surface area contributed by atoms with Crippen molar-refractivity contribution in [3.05, 3.63) is 35.4 Å². The van der Waals surface area contributed by atoms with Crippen molar-refractivity contribution in [3.63, 3.8) is 0 Å². The maximum absolute atomic E-state index is 8.88. The third-order valence-electron chi connectivity index (χ3n) is 3.99. The van der Waals surface area contributed by atoms with E-state index in [0.29, 0.717) is 13.0 Å². The predicted molar refractivity (Wildman–Crippen MR) is 68.3 cm³/mol. The summed E-state index contributed by atoms with van der Waals surface area (Å²) in [6.45, 7) is 0.733. The normalized spacial score (nSPS) is 28.3. The molecule has 0 amide bonds. The first-order valence-corrected chi connectivity index (χ1v) is 6.84. The summed E-state index contributed by atoms with van der Waals surface area (Å²) in [5.74, 6) is 0.770. The molecule has 0 spiro atoms. The highest BCUT2D eigenvalue weighted by Gasteiger charge is 2.27. The van der Waals surface area contributed by atoms with Gasteiger partial charge < -0.3 is 14.6 Å². The quantitative estimate of drug-likeness (QED) is 0.890. The summed E-state index contributed by atoms with van der Waals surface area (Å²) < 4.78 is 11.4. The zero-order valence-corrected chi connectivity index (χ0v) is 10.5. The van der Waals surface area contributed by atoms with Crippen LogP contribution in [0.1, 0.15) is 49.0 Å². The molecule has 2 atom stereocenters. The van der Waals surface area contributed by atoms with Gasteiger partial charge in [0.25, 0.3) is 0 Å². The molecule has 0 radical (unpaired) electrons. The van der Waals surface area contributed by atoms with Crippen LogP contribution >= 0.6 is 0 Å². The van der Waals surface area contributed by atoms with Crippen molar-refractivity contribution in [2.24, 2.45) is 0 Å². The topological polar surface area (TPSA) is 38.7 Å². The second-order valence-corrected chi connectivity index (χ2v) is 5.23. The molecule has 1 heterocycles. The minimum absolute atomic E-state index is 0.0336. The van der Waals surface area contributed by atoms with E-state index in [-0.39, 0.29) is 19.0 Å². The fraction of sp³-hybridized carbons (Fsp3) is 0.600. The Labute approximate surface area is 108 Å². The molecule has 3 nitrogen and oxygen atoms in total. The maximum Gasteiger partial charge on any atom is 0.184 e. The summed E-state index contributed by atoms with van der Waals surface area (Å²) >= 11 is 0. The van der Waals surface area contributed by atoms with E-state index in [9.17, 15) is 0 Å². The fourth-order valence-corrected chi connectivity index (χ4v) is 2.59. The van der Waals surface area contributed by atoms with Gasteiger partial charge in [-0.05, 0) is 30.7 Å². The number of hydrogen-bond donors (Lipinski definition) is 1. The van der Waals surface area contributed by atoms with E-state index in [1.165, 1.54) is 24.8 Å². The molecule has 1 N–H and O–H groups in total. The van der Waals surface area contributed by atoms with Gasteiger partial charge in [-0.3, -0.25) is 0 Å². The Balaban J connectivity index is 1.62. The van der Waals surface area contributed by atoms with Crippen molar-refractivity contribution >= 4 is 0 Å².